The van der Waals surface area contributed by atoms with Crippen molar-refractivity contribution in [1.29, 1.82) is 0 Å². The summed E-state index contributed by atoms with van der Waals surface area (Å²) in [4.78, 5) is 11.3. The summed E-state index contributed by atoms with van der Waals surface area (Å²) in [7, 11) is 0. The van der Waals surface area contributed by atoms with Gasteiger partial charge in [-0.25, -0.2) is 0 Å². The average molecular weight is 232 g/mol. The molecule has 0 aliphatic carbocycles. The van der Waals surface area contributed by atoms with Crippen molar-refractivity contribution in [3.63, 3.8) is 0 Å². The van der Waals surface area contributed by atoms with Crippen LogP contribution in [0.25, 0.3) is 0 Å². The van der Waals surface area contributed by atoms with Gasteiger partial charge in [0.05, 0.1) is 0 Å². The van der Waals surface area contributed by atoms with Gasteiger partial charge in [-0.15, -0.1) is 0 Å². The van der Waals surface area contributed by atoms with E-state index in [2.05, 4.69) is 38.1 Å². The topological polar surface area (TPSA) is 17.1 Å². The van der Waals surface area contributed by atoms with Crippen LogP contribution in [0.5, 0.6) is 0 Å². The van der Waals surface area contributed by atoms with E-state index >= 15 is 0 Å². The molecule has 0 heterocycles. The molecule has 17 heavy (non-hydrogen) atoms. The van der Waals surface area contributed by atoms with Gasteiger partial charge in [-0.3, -0.25) is 0 Å². The van der Waals surface area contributed by atoms with E-state index in [0.29, 0.717) is 18.1 Å². The fourth-order valence-corrected chi connectivity index (χ4v) is 2.21. The Hall–Kier alpha value is -1.11. The van der Waals surface area contributed by atoms with Crippen molar-refractivity contribution in [2.45, 2.75) is 58.8 Å². The van der Waals surface area contributed by atoms with E-state index in [0.717, 1.165) is 6.42 Å². The van der Waals surface area contributed by atoms with Crippen LogP contribution in [0.1, 0.15) is 63.0 Å². The Labute approximate surface area is 105 Å². The van der Waals surface area contributed by atoms with Crippen molar-refractivity contribution in [1.82, 2.24) is 0 Å². The third kappa shape index (κ3) is 5.16. The Bertz CT molecular complexity index is 337. The molecule has 0 aliphatic heterocycles. The third-order valence-electron chi connectivity index (χ3n) is 3.24. The molecular weight excluding hydrogens is 208 g/mol. The zero-order valence-electron chi connectivity index (χ0n) is 11.3. The number of hydrogen-bond donors (Lipinski definition) is 0. The molecule has 1 heteroatoms. The number of unbranched alkanes of at least 4 members (excludes halogenated alkanes) is 2. The molecule has 0 spiro atoms. The van der Waals surface area contributed by atoms with Crippen LogP contribution >= 0.6 is 0 Å². The zero-order chi connectivity index (χ0) is 12.7. The first kappa shape index (κ1) is 14.0. The summed E-state index contributed by atoms with van der Waals surface area (Å²) in [5, 5.41) is 0. The lowest BCUT2D eigenvalue weighted by molar-refractivity contribution is -0.117. The summed E-state index contributed by atoms with van der Waals surface area (Å²) >= 11 is 0. The van der Waals surface area contributed by atoms with Crippen molar-refractivity contribution >= 4 is 5.78 Å². The number of carbonyl (C=O) groups excluding carboxylic acids is 1. The first-order valence-corrected chi connectivity index (χ1v) is 6.69. The average Bonchev–Trinajstić information content (AvgIpc) is 2.28. The number of Topliss-reactive ketones (excluding diaryl/α,β-unsaturated/α-hetero) is 1. The molecule has 0 amide bonds. The fourth-order valence-electron chi connectivity index (χ4n) is 2.21. The van der Waals surface area contributed by atoms with E-state index in [-0.39, 0.29) is 0 Å². The molecule has 0 aliphatic rings. The molecule has 1 aromatic rings. The monoisotopic (exact) mass is 232 g/mol. The largest absolute Gasteiger partial charge is 0.300 e. The first-order valence-electron chi connectivity index (χ1n) is 6.69. The molecule has 1 aromatic carbocycles. The summed E-state index contributed by atoms with van der Waals surface area (Å²) in [6.45, 7) is 6.01. The second-order valence-corrected chi connectivity index (χ2v) is 5.01. The van der Waals surface area contributed by atoms with Gasteiger partial charge in [-0.2, -0.15) is 0 Å². The molecule has 1 rings (SSSR count). The maximum Gasteiger partial charge on any atom is 0.130 e. The second-order valence-electron chi connectivity index (χ2n) is 5.01. The van der Waals surface area contributed by atoms with Crippen molar-refractivity contribution in [2.24, 2.45) is 0 Å². The highest BCUT2D eigenvalue weighted by Crippen LogP contribution is 2.26. The van der Waals surface area contributed by atoms with Crippen LogP contribution in [0.3, 0.4) is 0 Å². The molecule has 0 saturated carbocycles. The van der Waals surface area contributed by atoms with Gasteiger partial charge in [0.15, 0.2) is 0 Å². The normalized spacial score (nSPS) is 12.4. The molecule has 0 fully saturated rings. The van der Waals surface area contributed by atoms with Crippen LogP contribution < -0.4 is 0 Å². The Morgan fingerprint density at radius 1 is 1.18 bits per heavy atom. The van der Waals surface area contributed by atoms with Crippen molar-refractivity contribution in [3.8, 4) is 0 Å². The second kappa shape index (κ2) is 7.26. The third-order valence-corrected chi connectivity index (χ3v) is 3.24. The number of rotatable bonds is 7. The Balaban J connectivity index is 2.67. The van der Waals surface area contributed by atoms with Gasteiger partial charge < -0.3 is 4.79 Å². The predicted octanol–water partition coefficient (Wildman–Crippen LogP) is 4.64. The summed E-state index contributed by atoms with van der Waals surface area (Å²) in [5.74, 6) is 0.715. The van der Waals surface area contributed by atoms with Crippen LogP contribution in [-0.2, 0) is 4.79 Å². The minimum Gasteiger partial charge on any atom is -0.300 e. The maximum absolute atomic E-state index is 11.3. The van der Waals surface area contributed by atoms with Crippen LogP contribution in [0, 0.1) is 6.92 Å². The molecule has 0 aromatic heterocycles. The fraction of sp³-hybridized carbons (Fsp3) is 0.562. The lowest BCUT2D eigenvalue weighted by Gasteiger charge is -2.16. The SMILES string of the molecule is CCCCC[C@H](CC(C)=O)c1ccc(C)cc1. The van der Waals surface area contributed by atoms with Gasteiger partial charge in [0, 0.05) is 6.42 Å². The van der Waals surface area contributed by atoms with Crippen molar-refractivity contribution < 1.29 is 4.79 Å². The molecule has 0 saturated heterocycles. The summed E-state index contributed by atoms with van der Waals surface area (Å²) in [6, 6.07) is 8.63. The smallest absolute Gasteiger partial charge is 0.130 e. The van der Waals surface area contributed by atoms with E-state index in [1.165, 1.54) is 30.4 Å². The highest BCUT2D eigenvalue weighted by Gasteiger charge is 2.13. The number of carbonyl (C=O) groups is 1. The van der Waals surface area contributed by atoms with Crippen LogP contribution in [0.2, 0.25) is 0 Å². The molecule has 1 nitrogen and oxygen atoms in total. The summed E-state index contributed by atoms with van der Waals surface area (Å²) in [5.41, 5.74) is 2.60. The quantitative estimate of drug-likeness (QED) is 0.626. The minimum absolute atomic E-state index is 0.298. The molecule has 0 bridgehead atoms. The van der Waals surface area contributed by atoms with Crippen LogP contribution in [-0.4, -0.2) is 5.78 Å². The summed E-state index contributed by atoms with van der Waals surface area (Å²) < 4.78 is 0. The van der Waals surface area contributed by atoms with Gasteiger partial charge in [0.25, 0.3) is 0 Å². The van der Waals surface area contributed by atoms with Gasteiger partial charge in [0.2, 0.25) is 0 Å². The Kier molecular flexibility index (Phi) is 5.96. The Morgan fingerprint density at radius 2 is 1.82 bits per heavy atom. The predicted molar refractivity (Wildman–Crippen MR) is 73.4 cm³/mol. The molecule has 94 valence electrons. The standard InChI is InChI=1S/C16H24O/c1-4-5-6-7-16(12-14(3)17)15-10-8-13(2)9-11-15/h8-11,16H,4-7,12H2,1-3H3/t16-/m1/s1. The van der Waals surface area contributed by atoms with Crippen molar-refractivity contribution in [2.75, 3.05) is 0 Å². The van der Waals surface area contributed by atoms with E-state index in [4.69, 9.17) is 0 Å². The van der Waals surface area contributed by atoms with Crippen LogP contribution in [0.15, 0.2) is 24.3 Å². The van der Waals surface area contributed by atoms with Crippen LogP contribution in [0.4, 0.5) is 0 Å². The molecular formula is C16H24O. The number of benzene rings is 1. The van der Waals surface area contributed by atoms with Gasteiger partial charge in [-0.1, -0.05) is 56.0 Å². The minimum atomic E-state index is 0.298. The van der Waals surface area contributed by atoms with E-state index < -0.39 is 0 Å². The number of ketones is 1. The highest BCUT2D eigenvalue weighted by molar-refractivity contribution is 5.76. The maximum atomic E-state index is 11.3. The van der Waals surface area contributed by atoms with Gasteiger partial charge >= 0.3 is 0 Å². The molecule has 0 N–H and O–H groups in total. The zero-order valence-corrected chi connectivity index (χ0v) is 11.3. The highest BCUT2D eigenvalue weighted by atomic mass is 16.1. The van der Waals surface area contributed by atoms with E-state index in [9.17, 15) is 4.79 Å². The van der Waals surface area contributed by atoms with E-state index in [1.54, 1.807) is 6.92 Å². The van der Waals surface area contributed by atoms with Gasteiger partial charge in [0.1, 0.15) is 5.78 Å². The number of hydrogen-bond acceptors (Lipinski definition) is 1. The van der Waals surface area contributed by atoms with E-state index in [1.807, 2.05) is 0 Å². The lowest BCUT2D eigenvalue weighted by atomic mass is 9.89. The van der Waals surface area contributed by atoms with Crippen molar-refractivity contribution in [3.05, 3.63) is 35.4 Å². The Morgan fingerprint density at radius 3 is 2.35 bits per heavy atom. The van der Waals surface area contributed by atoms with Gasteiger partial charge in [-0.05, 0) is 31.7 Å². The first-order chi connectivity index (χ1) is 8.13. The lowest BCUT2D eigenvalue weighted by Crippen LogP contribution is -2.04. The number of aryl methyl sites for hydroxylation is 1. The molecule has 0 radical (unpaired) electrons. The molecule has 0 unspecified atom stereocenters. The molecule has 1 atom stereocenters. The summed E-state index contributed by atoms with van der Waals surface area (Å²) in [6.07, 6.45) is 5.55.